The first-order valence-corrected chi connectivity index (χ1v) is 12.0. The van der Waals surface area contributed by atoms with E-state index >= 15 is 0 Å². The number of benzene rings is 2. The lowest BCUT2D eigenvalue weighted by Gasteiger charge is -2.37. The van der Waals surface area contributed by atoms with Crippen LogP contribution in [0, 0.1) is 24.4 Å². The van der Waals surface area contributed by atoms with Crippen LogP contribution < -0.4 is 4.74 Å². The van der Waals surface area contributed by atoms with E-state index in [0.29, 0.717) is 24.4 Å². The van der Waals surface area contributed by atoms with Gasteiger partial charge in [-0.05, 0) is 68.2 Å². The van der Waals surface area contributed by atoms with Gasteiger partial charge in [-0.2, -0.15) is 0 Å². The molecule has 2 aliphatic heterocycles. The molecule has 0 amide bonds. The molecular formula is C27H25F3N4O4. The number of fused-ring (bicyclic) bond motifs is 1. The Hall–Kier alpha value is -4.28. The lowest BCUT2D eigenvalue weighted by molar-refractivity contribution is -0.189. The van der Waals surface area contributed by atoms with Gasteiger partial charge < -0.3 is 23.8 Å². The van der Waals surface area contributed by atoms with Crippen LogP contribution in [0.5, 0.6) is 5.75 Å². The maximum Gasteiger partial charge on any atom is 0.380 e. The zero-order valence-corrected chi connectivity index (χ0v) is 21.0. The minimum Gasteiger partial charge on any atom is -0.495 e. The molecule has 3 heterocycles. The van der Waals surface area contributed by atoms with Crippen LogP contribution in [0.25, 0.3) is 11.8 Å². The highest BCUT2D eigenvalue weighted by Gasteiger charge is 2.57. The fourth-order valence-corrected chi connectivity index (χ4v) is 4.73. The third kappa shape index (κ3) is 4.17. The van der Waals surface area contributed by atoms with Crippen LogP contribution >= 0.6 is 0 Å². The summed E-state index contributed by atoms with van der Waals surface area (Å²) in [4.78, 5) is 24.6. The molecule has 2 aromatic carbocycles. The predicted molar refractivity (Wildman–Crippen MR) is 132 cm³/mol. The summed E-state index contributed by atoms with van der Waals surface area (Å²) in [5, 5.41) is 4.15. The highest BCUT2D eigenvalue weighted by molar-refractivity contribution is 6.06. The Morgan fingerprint density at radius 3 is 2.63 bits per heavy atom. The molecule has 1 fully saturated rings. The van der Waals surface area contributed by atoms with Crippen LogP contribution in [0.1, 0.15) is 36.6 Å². The highest BCUT2D eigenvalue weighted by Crippen LogP contribution is 2.42. The maximum absolute atomic E-state index is 14.2. The second-order valence-electron chi connectivity index (χ2n) is 8.90. The van der Waals surface area contributed by atoms with E-state index in [1.807, 2.05) is 42.0 Å². The normalized spacial score (nSPS) is 19.7. The summed E-state index contributed by atoms with van der Waals surface area (Å²) >= 11 is 0. The molecule has 1 aromatic heterocycles. The number of esters is 1. The van der Waals surface area contributed by atoms with Crippen molar-refractivity contribution < 1.29 is 32.3 Å². The topological polar surface area (TPSA) is 78.2 Å². The molecule has 0 N–H and O–H groups in total. The van der Waals surface area contributed by atoms with E-state index in [-0.39, 0.29) is 18.7 Å². The third-order valence-corrected chi connectivity index (χ3v) is 6.48. The van der Waals surface area contributed by atoms with Gasteiger partial charge in [0.05, 0.1) is 31.4 Å². The van der Waals surface area contributed by atoms with Gasteiger partial charge in [-0.1, -0.05) is 11.2 Å². The Kier molecular flexibility index (Phi) is 6.60. The van der Waals surface area contributed by atoms with E-state index in [0.717, 1.165) is 34.7 Å². The molecule has 0 bridgehead atoms. The minimum absolute atomic E-state index is 0.00937. The van der Waals surface area contributed by atoms with Crippen LogP contribution in [-0.4, -0.2) is 46.5 Å². The van der Waals surface area contributed by atoms with Crippen molar-refractivity contribution >= 4 is 17.9 Å². The minimum atomic E-state index is -2.10. The van der Waals surface area contributed by atoms with Gasteiger partial charge in [0.15, 0.2) is 23.3 Å². The number of halogens is 3. The highest BCUT2D eigenvalue weighted by atomic mass is 19.2. The fraction of sp³-hybridized carbons (Fsp3) is 0.296. The smallest absolute Gasteiger partial charge is 0.380 e. The van der Waals surface area contributed by atoms with Crippen molar-refractivity contribution in [3.63, 3.8) is 0 Å². The second-order valence-corrected chi connectivity index (χ2v) is 8.90. The maximum atomic E-state index is 14.2. The summed E-state index contributed by atoms with van der Waals surface area (Å²) in [5.74, 6) is -4.51. The largest absolute Gasteiger partial charge is 0.495 e. The number of amidine groups is 1. The molecule has 0 aliphatic carbocycles. The van der Waals surface area contributed by atoms with Crippen molar-refractivity contribution in [2.45, 2.75) is 32.4 Å². The van der Waals surface area contributed by atoms with E-state index in [2.05, 4.69) is 10.1 Å². The number of aryl methyl sites for hydroxylation is 1. The van der Waals surface area contributed by atoms with Gasteiger partial charge in [-0.25, -0.2) is 22.9 Å². The Morgan fingerprint density at radius 2 is 1.97 bits per heavy atom. The van der Waals surface area contributed by atoms with Crippen LogP contribution in [0.4, 0.5) is 13.2 Å². The number of hydrogen-bond donors (Lipinski definition) is 0. The van der Waals surface area contributed by atoms with Crippen molar-refractivity contribution in [2.24, 2.45) is 5.16 Å². The molecule has 0 saturated carbocycles. The summed E-state index contributed by atoms with van der Waals surface area (Å²) in [6.45, 7) is 3.77. The first-order chi connectivity index (χ1) is 18.3. The van der Waals surface area contributed by atoms with Crippen LogP contribution in [0.15, 0.2) is 53.6 Å². The number of imidazole rings is 1. The number of carbonyl (C=O) groups is 1. The van der Waals surface area contributed by atoms with Gasteiger partial charge in [-0.3, -0.25) is 0 Å². The molecule has 38 heavy (non-hydrogen) atoms. The first kappa shape index (κ1) is 25.4. The number of nitrogens with zero attached hydrogens (tertiary/aromatic N) is 4. The molecule has 2 aliphatic rings. The van der Waals surface area contributed by atoms with Crippen molar-refractivity contribution in [3.8, 4) is 11.4 Å². The van der Waals surface area contributed by atoms with Gasteiger partial charge in [0.2, 0.25) is 0 Å². The van der Waals surface area contributed by atoms with Crippen LogP contribution in [-0.2, 0) is 20.1 Å². The number of aromatic nitrogens is 2. The first-order valence-electron chi connectivity index (χ1n) is 12.0. The number of carbonyl (C=O) groups excluding carboxylic acids is 1. The summed E-state index contributed by atoms with van der Waals surface area (Å²) in [5.41, 5.74) is 0.859. The molecular weight excluding hydrogens is 501 g/mol. The average Bonchev–Trinajstić information content (AvgIpc) is 3.52. The number of piperidine rings is 1. The zero-order valence-electron chi connectivity index (χ0n) is 21.0. The lowest BCUT2D eigenvalue weighted by Crippen LogP contribution is -2.54. The molecule has 1 saturated heterocycles. The Balaban J connectivity index is 1.53. The molecule has 5 rings (SSSR count). The lowest BCUT2D eigenvalue weighted by atomic mass is 9.94. The van der Waals surface area contributed by atoms with E-state index in [9.17, 15) is 18.0 Å². The molecule has 8 nitrogen and oxygen atoms in total. The van der Waals surface area contributed by atoms with Gasteiger partial charge in [0.1, 0.15) is 5.75 Å². The number of oxime groups is 1. The van der Waals surface area contributed by atoms with Crippen molar-refractivity contribution in [2.75, 3.05) is 20.3 Å². The third-order valence-electron chi connectivity index (χ3n) is 6.48. The Morgan fingerprint density at radius 1 is 1.21 bits per heavy atom. The number of rotatable bonds is 6. The summed E-state index contributed by atoms with van der Waals surface area (Å²) in [6.07, 6.45) is 6.66. The molecule has 3 aromatic rings. The molecule has 11 heteroatoms. The van der Waals surface area contributed by atoms with Crippen LogP contribution in [0.3, 0.4) is 0 Å². The predicted octanol–water partition coefficient (Wildman–Crippen LogP) is 4.85. The van der Waals surface area contributed by atoms with E-state index in [4.69, 9.17) is 14.3 Å². The van der Waals surface area contributed by atoms with Gasteiger partial charge in [-0.15, -0.1) is 0 Å². The summed E-state index contributed by atoms with van der Waals surface area (Å²) in [7, 11) is 1.57. The standard InChI is InChI=1S/C27H25F3N4O4/c1-4-37-26(35)27(19-12-20(28)24(30)21(29)13-19)34-9-5-6-18(25(34)32-38-27)10-17-7-8-22(23(11-17)36-3)33-14-16(2)31-15-33/h7-8,10-15H,4-6,9H2,1-3H3/b18-10-. The van der Waals surface area contributed by atoms with E-state index in [1.165, 1.54) is 4.90 Å². The Bertz CT molecular complexity index is 1450. The molecule has 1 unspecified atom stereocenters. The quantitative estimate of drug-likeness (QED) is 0.338. The number of hydrogen-bond acceptors (Lipinski definition) is 7. The Labute approximate surface area is 216 Å². The monoisotopic (exact) mass is 526 g/mol. The fourth-order valence-electron chi connectivity index (χ4n) is 4.73. The summed E-state index contributed by atoms with van der Waals surface area (Å²) in [6, 6.07) is 7.11. The molecule has 198 valence electrons. The second kappa shape index (κ2) is 9.88. The molecule has 0 radical (unpaired) electrons. The van der Waals surface area contributed by atoms with Gasteiger partial charge >= 0.3 is 11.7 Å². The summed E-state index contributed by atoms with van der Waals surface area (Å²) < 4.78 is 54.9. The van der Waals surface area contributed by atoms with Crippen molar-refractivity contribution in [3.05, 3.63) is 82.7 Å². The molecule has 0 spiro atoms. The van der Waals surface area contributed by atoms with Crippen molar-refractivity contribution in [1.82, 2.24) is 14.5 Å². The van der Waals surface area contributed by atoms with Crippen LogP contribution in [0.2, 0.25) is 0 Å². The van der Waals surface area contributed by atoms with Gasteiger partial charge in [0.25, 0.3) is 0 Å². The van der Waals surface area contributed by atoms with Gasteiger partial charge in [0, 0.05) is 18.3 Å². The zero-order chi connectivity index (χ0) is 27.0. The SMILES string of the molecule is CCOC(=O)C1(c2cc(F)c(F)c(F)c2)ON=C2/C(=C\c3ccc(-n4cnc(C)c4)c(OC)c3)CCCN21. The average molecular weight is 527 g/mol. The number of methoxy groups -OCH3 is 1. The molecule has 1 atom stereocenters. The van der Waals surface area contributed by atoms with Crippen molar-refractivity contribution in [1.29, 1.82) is 0 Å². The van der Waals surface area contributed by atoms with E-state index in [1.54, 1.807) is 20.4 Å². The number of ether oxygens (including phenoxy) is 2. The van der Waals surface area contributed by atoms with E-state index < -0.39 is 29.1 Å².